The van der Waals surface area contributed by atoms with Gasteiger partial charge in [-0.2, -0.15) is 0 Å². The van der Waals surface area contributed by atoms with Crippen LogP contribution >= 0.6 is 0 Å². The van der Waals surface area contributed by atoms with E-state index in [9.17, 15) is 4.79 Å². The van der Waals surface area contributed by atoms with Crippen LogP contribution in [0.5, 0.6) is 0 Å². The van der Waals surface area contributed by atoms with E-state index in [1.54, 1.807) is 19.1 Å². The molecule has 3 rings (SSSR count). The van der Waals surface area contributed by atoms with Gasteiger partial charge in [0, 0.05) is 24.2 Å². The number of nitrogens with zero attached hydrogens (tertiary/aromatic N) is 3. The Morgan fingerprint density at radius 3 is 2.54 bits per heavy atom. The molecule has 0 unspecified atom stereocenters. The van der Waals surface area contributed by atoms with Crippen molar-refractivity contribution < 1.29 is 9.32 Å². The van der Waals surface area contributed by atoms with Gasteiger partial charge in [-0.3, -0.25) is 4.79 Å². The number of aromatic nitrogens is 3. The number of amides is 1. The first-order valence-corrected chi connectivity index (χ1v) is 8.44. The quantitative estimate of drug-likeness (QED) is 0.702. The summed E-state index contributed by atoms with van der Waals surface area (Å²) in [4.78, 5) is 21.5. The highest BCUT2D eigenvalue weighted by Gasteiger charge is 2.15. The second-order valence-corrected chi connectivity index (χ2v) is 6.38. The van der Waals surface area contributed by atoms with Crippen molar-refractivity contribution in [2.75, 3.05) is 17.2 Å². The first-order valence-electron chi connectivity index (χ1n) is 8.44. The number of aryl methyl sites for hydroxylation is 1. The average Bonchev–Trinajstić information content (AvgIpc) is 3.05. The molecule has 0 atom stereocenters. The lowest BCUT2D eigenvalue weighted by atomic mass is 10.2. The Balaban J connectivity index is 1.92. The first kappa shape index (κ1) is 17.6. The molecule has 7 nitrogen and oxygen atoms in total. The van der Waals surface area contributed by atoms with Crippen LogP contribution < -0.4 is 10.6 Å². The smallest absolute Gasteiger partial charge is 0.275 e. The highest BCUT2D eigenvalue weighted by Crippen LogP contribution is 2.19. The lowest BCUT2D eigenvalue weighted by molar-refractivity contribution is 0.102. The van der Waals surface area contributed by atoms with Gasteiger partial charge >= 0.3 is 0 Å². The minimum absolute atomic E-state index is 0.255. The monoisotopic (exact) mass is 351 g/mol. The number of carbonyl (C=O) groups excluding carboxylic acids is 1. The second-order valence-electron chi connectivity index (χ2n) is 6.38. The Morgan fingerprint density at radius 1 is 1.12 bits per heavy atom. The number of carbonyl (C=O) groups is 1. The summed E-state index contributed by atoms with van der Waals surface area (Å²) in [6, 6.07) is 12.8. The van der Waals surface area contributed by atoms with E-state index in [0.717, 1.165) is 12.1 Å². The highest BCUT2D eigenvalue weighted by molar-refractivity contribution is 6.03. The van der Waals surface area contributed by atoms with Crippen LogP contribution in [0.2, 0.25) is 0 Å². The molecule has 0 aliphatic carbocycles. The van der Waals surface area contributed by atoms with Gasteiger partial charge in [-0.25, -0.2) is 9.97 Å². The van der Waals surface area contributed by atoms with Crippen molar-refractivity contribution >= 4 is 17.5 Å². The molecular formula is C19H21N5O2. The molecule has 1 aromatic carbocycles. The van der Waals surface area contributed by atoms with Crippen LogP contribution in [-0.2, 0) is 0 Å². The van der Waals surface area contributed by atoms with Crippen molar-refractivity contribution in [1.29, 1.82) is 0 Å². The fourth-order valence-electron chi connectivity index (χ4n) is 2.28. The molecule has 0 spiro atoms. The molecule has 26 heavy (non-hydrogen) atoms. The SMILES string of the molecule is Cc1cc(NC(=O)c2cc(NCC(C)C)nc(-c3ccccc3)n2)no1. The van der Waals surface area contributed by atoms with Gasteiger partial charge in [0.25, 0.3) is 5.91 Å². The second kappa shape index (κ2) is 7.77. The molecule has 7 heteroatoms. The third kappa shape index (κ3) is 4.44. The maximum absolute atomic E-state index is 12.6. The summed E-state index contributed by atoms with van der Waals surface area (Å²) in [6.07, 6.45) is 0. The summed E-state index contributed by atoms with van der Waals surface area (Å²) >= 11 is 0. The molecule has 0 aliphatic heterocycles. The zero-order valence-corrected chi connectivity index (χ0v) is 15.0. The lowest BCUT2D eigenvalue weighted by Gasteiger charge is -2.11. The maximum Gasteiger partial charge on any atom is 0.275 e. The Kier molecular flexibility index (Phi) is 5.26. The summed E-state index contributed by atoms with van der Waals surface area (Å²) in [5.74, 6) is 2.14. The Labute approximate surface area is 151 Å². The molecule has 2 heterocycles. The van der Waals surface area contributed by atoms with Crippen molar-refractivity contribution in [2.24, 2.45) is 5.92 Å². The van der Waals surface area contributed by atoms with Gasteiger partial charge < -0.3 is 15.2 Å². The van der Waals surface area contributed by atoms with E-state index in [4.69, 9.17) is 4.52 Å². The number of benzene rings is 1. The van der Waals surface area contributed by atoms with E-state index in [-0.39, 0.29) is 11.6 Å². The van der Waals surface area contributed by atoms with Gasteiger partial charge in [0.15, 0.2) is 11.6 Å². The normalized spacial score (nSPS) is 10.8. The molecule has 2 aromatic heterocycles. The summed E-state index contributed by atoms with van der Waals surface area (Å²) < 4.78 is 4.97. The minimum Gasteiger partial charge on any atom is -0.370 e. The molecule has 0 bridgehead atoms. The van der Waals surface area contributed by atoms with E-state index < -0.39 is 0 Å². The summed E-state index contributed by atoms with van der Waals surface area (Å²) in [5.41, 5.74) is 1.10. The molecule has 1 amide bonds. The maximum atomic E-state index is 12.6. The van der Waals surface area contributed by atoms with E-state index in [1.165, 1.54) is 0 Å². The fourth-order valence-corrected chi connectivity index (χ4v) is 2.28. The molecule has 3 aromatic rings. The third-order valence-electron chi connectivity index (χ3n) is 3.55. The van der Waals surface area contributed by atoms with Gasteiger partial charge in [-0.15, -0.1) is 0 Å². The number of anilines is 2. The van der Waals surface area contributed by atoms with Crippen LogP contribution in [0.25, 0.3) is 11.4 Å². The van der Waals surface area contributed by atoms with Crippen molar-refractivity contribution in [3.63, 3.8) is 0 Å². The largest absolute Gasteiger partial charge is 0.370 e. The topological polar surface area (TPSA) is 92.9 Å². The number of rotatable bonds is 6. The van der Waals surface area contributed by atoms with Crippen LogP contribution in [-0.4, -0.2) is 27.6 Å². The Morgan fingerprint density at radius 2 is 1.88 bits per heavy atom. The van der Waals surface area contributed by atoms with Crippen LogP contribution in [0, 0.1) is 12.8 Å². The van der Waals surface area contributed by atoms with E-state index in [1.807, 2.05) is 30.3 Å². The van der Waals surface area contributed by atoms with Crippen molar-refractivity contribution in [3.8, 4) is 11.4 Å². The number of nitrogens with one attached hydrogen (secondary N) is 2. The van der Waals surface area contributed by atoms with Gasteiger partial charge in [0.1, 0.15) is 17.3 Å². The van der Waals surface area contributed by atoms with Crippen LogP contribution in [0.4, 0.5) is 11.6 Å². The average molecular weight is 351 g/mol. The lowest BCUT2D eigenvalue weighted by Crippen LogP contribution is -2.17. The predicted octanol–water partition coefficient (Wildman–Crippen LogP) is 3.76. The summed E-state index contributed by atoms with van der Waals surface area (Å²) in [5, 5.41) is 9.72. The van der Waals surface area contributed by atoms with Gasteiger partial charge in [0.2, 0.25) is 0 Å². The van der Waals surface area contributed by atoms with Gasteiger partial charge in [-0.1, -0.05) is 49.3 Å². The summed E-state index contributed by atoms with van der Waals surface area (Å²) in [7, 11) is 0. The van der Waals surface area contributed by atoms with Gasteiger partial charge in [0.05, 0.1) is 0 Å². The Hall–Kier alpha value is -3.22. The number of hydrogen-bond acceptors (Lipinski definition) is 6. The molecule has 0 saturated heterocycles. The van der Waals surface area contributed by atoms with Crippen LogP contribution in [0.15, 0.2) is 47.0 Å². The molecular weight excluding hydrogens is 330 g/mol. The van der Waals surface area contributed by atoms with E-state index >= 15 is 0 Å². The third-order valence-corrected chi connectivity index (χ3v) is 3.55. The van der Waals surface area contributed by atoms with Crippen LogP contribution in [0.1, 0.15) is 30.1 Å². The van der Waals surface area contributed by atoms with Crippen LogP contribution in [0.3, 0.4) is 0 Å². The van der Waals surface area contributed by atoms with Crippen molar-refractivity contribution in [3.05, 3.63) is 53.9 Å². The molecule has 0 radical (unpaired) electrons. The molecule has 2 N–H and O–H groups in total. The predicted molar refractivity (Wildman–Crippen MR) is 100.0 cm³/mol. The first-order chi connectivity index (χ1) is 12.5. The summed E-state index contributed by atoms with van der Waals surface area (Å²) in [6.45, 7) is 6.71. The molecule has 0 fully saturated rings. The zero-order valence-electron chi connectivity index (χ0n) is 15.0. The van der Waals surface area contributed by atoms with Gasteiger partial charge in [-0.05, 0) is 12.8 Å². The van der Waals surface area contributed by atoms with E-state index in [0.29, 0.717) is 29.1 Å². The molecule has 0 aliphatic rings. The van der Waals surface area contributed by atoms with Crippen molar-refractivity contribution in [2.45, 2.75) is 20.8 Å². The zero-order chi connectivity index (χ0) is 18.5. The minimum atomic E-state index is -0.370. The van der Waals surface area contributed by atoms with E-state index in [2.05, 4.69) is 39.6 Å². The van der Waals surface area contributed by atoms with Crippen molar-refractivity contribution in [1.82, 2.24) is 15.1 Å². The Bertz CT molecular complexity index is 890. The highest BCUT2D eigenvalue weighted by atomic mass is 16.5. The number of hydrogen-bond donors (Lipinski definition) is 2. The molecule has 0 saturated carbocycles. The fraction of sp³-hybridized carbons (Fsp3) is 0.263. The standard InChI is InChI=1S/C19H21N5O2/c1-12(2)11-20-16-10-15(19(25)23-17-9-13(3)26-24-17)21-18(22-16)14-7-5-4-6-8-14/h4-10,12H,11H2,1-3H3,(H,20,21,22)(H,23,24,25). The molecule has 134 valence electrons.